The van der Waals surface area contributed by atoms with Crippen LogP contribution in [-0.2, 0) is 6.42 Å². The molecule has 1 aliphatic heterocycles. The van der Waals surface area contributed by atoms with Crippen molar-refractivity contribution in [3.05, 3.63) is 105 Å². The molecule has 4 aromatic rings. The van der Waals surface area contributed by atoms with Gasteiger partial charge in [-0.25, -0.2) is 0 Å². The molecule has 0 radical (unpaired) electrons. The average Bonchev–Trinajstić information content (AvgIpc) is 2.97. The van der Waals surface area contributed by atoms with Gasteiger partial charge in [-0.1, -0.05) is 36.4 Å². The van der Waals surface area contributed by atoms with E-state index in [2.05, 4.69) is 46.7 Å². The molecule has 0 bridgehead atoms. The monoisotopic (exact) mass is 355 g/mol. The van der Waals surface area contributed by atoms with Crippen LogP contribution in [0.15, 0.2) is 72.8 Å². The van der Waals surface area contributed by atoms with E-state index in [0.717, 1.165) is 28.9 Å². The number of rotatable bonds is 2. The summed E-state index contributed by atoms with van der Waals surface area (Å²) >= 11 is 0. The minimum absolute atomic E-state index is 0.100. The van der Waals surface area contributed by atoms with E-state index in [0.29, 0.717) is 0 Å². The lowest BCUT2D eigenvalue weighted by atomic mass is 9.97. The lowest BCUT2D eigenvalue weighted by Gasteiger charge is -2.19. The van der Waals surface area contributed by atoms with Gasteiger partial charge in [0.25, 0.3) is 5.69 Å². The number of non-ortho nitro benzene ring substituents is 1. The highest BCUT2D eigenvalue weighted by molar-refractivity contribution is 5.86. The number of fused-ring (bicyclic) bond motifs is 4. The summed E-state index contributed by atoms with van der Waals surface area (Å²) in [6.07, 6.45) is 0.839. The minimum atomic E-state index is -0.367. The van der Waals surface area contributed by atoms with Gasteiger partial charge < -0.3 is 10.3 Å². The number of hydrogen-bond acceptors (Lipinski definition) is 3. The van der Waals surface area contributed by atoms with Gasteiger partial charge in [-0.2, -0.15) is 0 Å². The van der Waals surface area contributed by atoms with Crippen molar-refractivity contribution >= 4 is 22.3 Å². The van der Waals surface area contributed by atoms with Crippen LogP contribution in [0.5, 0.6) is 0 Å². The van der Waals surface area contributed by atoms with Gasteiger partial charge in [0.1, 0.15) is 0 Å². The largest absolute Gasteiger partial charge is 0.373 e. The zero-order valence-corrected chi connectivity index (χ0v) is 14.5. The maximum absolute atomic E-state index is 11.0. The maximum atomic E-state index is 11.0. The third-order valence-electron chi connectivity index (χ3n) is 5.26. The average molecular weight is 355 g/mol. The van der Waals surface area contributed by atoms with Crippen LogP contribution >= 0.6 is 0 Å². The van der Waals surface area contributed by atoms with E-state index in [1.165, 1.54) is 16.5 Å². The van der Waals surface area contributed by atoms with Crippen molar-refractivity contribution in [2.24, 2.45) is 0 Å². The summed E-state index contributed by atoms with van der Waals surface area (Å²) in [7, 11) is 0. The summed E-state index contributed by atoms with van der Waals surface area (Å²) in [5, 5.41) is 15.9. The molecule has 0 amide bonds. The topological polar surface area (TPSA) is 71.0 Å². The molecule has 1 atom stereocenters. The summed E-state index contributed by atoms with van der Waals surface area (Å²) in [6, 6.07) is 23.3. The fourth-order valence-corrected chi connectivity index (χ4v) is 3.93. The van der Waals surface area contributed by atoms with Crippen molar-refractivity contribution in [2.45, 2.75) is 12.5 Å². The van der Waals surface area contributed by atoms with E-state index in [-0.39, 0.29) is 16.7 Å². The van der Waals surface area contributed by atoms with E-state index >= 15 is 0 Å². The number of aromatic amines is 1. The number of nitrogens with zero attached hydrogens (tertiary/aromatic N) is 1. The van der Waals surface area contributed by atoms with Crippen molar-refractivity contribution < 1.29 is 4.92 Å². The Labute approximate surface area is 155 Å². The Hall–Kier alpha value is -3.60. The SMILES string of the molecule is O=[N+]([O-])c1ccc(C2Nc3ccccc3Cc3c2[nH]c2ccccc32)cc1. The fraction of sp³-hybridized carbons (Fsp3) is 0.0909. The zero-order valence-electron chi connectivity index (χ0n) is 14.5. The Morgan fingerprint density at radius 2 is 1.67 bits per heavy atom. The lowest BCUT2D eigenvalue weighted by Crippen LogP contribution is -2.13. The Balaban J connectivity index is 1.71. The predicted molar refractivity (Wildman–Crippen MR) is 106 cm³/mol. The van der Waals surface area contributed by atoms with Gasteiger partial charge in [-0.3, -0.25) is 10.1 Å². The first kappa shape index (κ1) is 15.6. The molecule has 5 nitrogen and oxygen atoms in total. The molecule has 0 saturated carbocycles. The molecule has 0 aliphatic carbocycles. The van der Waals surface area contributed by atoms with Crippen LogP contribution in [0.25, 0.3) is 10.9 Å². The van der Waals surface area contributed by atoms with E-state index in [1.54, 1.807) is 12.1 Å². The highest BCUT2D eigenvalue weighted by Gasteiger charge is 2.26. The Kier molecular flexibility index (Phi) is 3.47. The molecule has 5 heteroatoms. The van der Waals surface area contributed by atoms with Crippen LogP contribution in [0, 0.1) is 10.1 Å². The Bertz CT molecular complexity index is 1160. The molecule has 2 N–H and O–H groups in total. The third kappa shape index (κ3) is 2.56. The molecule has 1 aromatic heterocycles. The van der Waals surface area contributed by atoms with Crippen molar-refractivity contribution in [1.82, 2.24) is 4.98 Å². The van der Waals surface area contributed by atoms with Crippen LogP contribution in [0.1, 0.15) is 28.4 Å². The highest BCUT2D eigenvalue weighted by atomic mass is 16.6. The van der Waals surface area contributed by atoms with Gasteiger partial charge >= 0.3 is 0 Å². The van der Waals surface area contributed by atoms with E-state index in [4.69, 9.17) is 0 Å². The van der Waals surface area contributed by atoms with Crippen LogP contribution in [0.3, 0.4) is 0 Å². The second-order valence-corrected chi connectivity index (χ2v) is 6.82. The molecular formula is C22H17N3O2. The van der Waals surface area contributed by atoms with Crippen LogP contribution in [-0.4, -0.2) is 9.91 Å². The molecule has 132 valence electrons. The lowest BCUT2D eigenvalue weighted by molar-refractivity contribution is -0.384. The number of anilines is 1. The molecule has 0 spiro atoms. The highest BCUT2D eigenvalue weighted by Crippen LogP contribution is 2.39. The number of H-pyrrole nitrogens is 1. The fourth-order valence-electron chi connectivity index (χ4n) is 3.93. The van der Waals surface area contributed by atoms with Gasteiger partial charge in [0, 0.05) is 40.8 Å². The van der Waals surface area contributed by atoms with Crippen LogP contribution < -0.4 is 5.32 Å². The van der Waals surface area contributed by atoms with Crippen LogP contribution in [0.2, 0.25) is 0 Å². The summed E-state index contributed by atoms with van der Waals surface area (Å²) in [4.78, 5) is 14.2. The number of aromatic nitrogens is 1. The number of nitro groups is 1. The van der Waals surface area contributed by atoms with Crippen molar-refractivity contribution in [1.29, 1.82) is 0 Å². The predicted octanol–water partition coefficient (Wildman–Crippen LogP) is 5.18. The number of para-hydroxylation sites is 2. The van der Waals surface area contributed by atoms with E-state index in [9.17, 15) is 10.1 Å². The van der Waals surface area contributed by atoms with Gasteiger partial charge in [0.05, 0.1) is 11.0 Å². The normalized spacial score (nSPS) is 15.5. The number of nitro benzene ring substituents is 1. The number of hydrogen-bond donors (Lipinski definition) is 2. The Morgan fingerprint density at radius 3 is 2.48 bits per heavy atom. The minimum Gasteiger partial charge on any atom is -0.373 e. The molecule has 1 aliphatic rings. The maximum Gasteiger partial charge on any atom is 0.269 e. The van der Waals surface area contributed by atoms with Gasteiger partial charge in [0.15, 0.2) is 0 Å². The summed E-state index contributed by atoms with van der Waals surface area (Å²) in [6.45, 7) is 0. The summed E-state index contributed by atoms with van der Waals surface area (Å²) in [5.41, 5.74) is 6.92. The summed E-state index contributed by atoms with van der Waals surface area (Å²) < 4.78 is 0. The standard InChI is InChI=1S/C22H17N3O2/c26-25(27)16-11-9-14(10-12-16)21-22-18(17-6-2-4-8-20(17)24-22)13-15-5-1-3-7-19(15)23-21/h1-12,21,23-24H,13H2. The summed E-state index contributed by atoms with van der Waals surface area (Å²) in [5.74, 6) is 0. The number of nitrogens with one attached hydrogen (secondary N) is 2. The molecule has 0 fully saturated rings. The second-order valence-electron chi connectivity index (χ2n) is 6.82. The van der Waals surface area contributed by atoms with Gasteiger partial charge in [-0.15, -0.1) is 0 Å². The molecule has 0 saturated heterocycles. The van der Waals surface area contributed by atoms with E-state index < -0.39 is 0 Å². The molecule has 5 rings (SSSR count). The first-order valence-electron chi connectivity index (χ1n) is 8.89. The van der Waals surface area contributed by atoms with Crippen LogP contribution in [0.4, 0.5) is 11.4 Å². The molecule has 2 heterocycles. The first-order chi connectivity index (χ1) is 13.2. The second kappa shape index (κ2) is 5.99. The van der Waals surface area contributed by atoms with Gasteiger partial charge in [0.2, 0.25) is 0 Å². The van der Waals surface area contributed by atoms with Gasteiger partial charge in [-0.05, 0) is 41.0 Å². The van der Waals surface area contributed by atoms with Crippen molar-refractivity contribution in [2.75, 3.05) is 5.32 Å². The van der Waals surface area contributed by atoms with Crippen molar-refractivity contribution in [3.63, 3.8) is 0 Å². The molecule has 3 aromatic carbocycles. The quantitative estimate of drug-likeness (QED) is 0.384. The van der Waals surface area contributed by atoms with E-state index in [1.807, 2.05) is 24.3 Å². The molecule has 27 heavy (non-hydrogen) atoms. The molecule has 1 unspecified atom stereocenters. The third-order valence-corrected chi connectivity index (χ3v) is 5.26. The Morgan fingerprint density at radius 1 is 0.926 bits per heavy atom. The smallest absolute Gasteiger partial charge is 0.269 e. The first-order valence-corrected chi connectivity index (χ1v) is 8.89. The molecular weight excluding hydrogens is 338 g/mol. The number of benzene rings is 3. The zero-order chi connectivity index (χ0) is 18.4. The van der Waals surface area contributed by atoms with Crippen molar-refractivity contribution in [3.8, 4) is 0 Å².